The monoisotopic (exact) mass is 540 g/mol. The first-order chi connectivity index (χ1) is 17.8. The molecule has 2 aromatic heterocycles. The molecule has 1 aliphatic heterocycles. The minimum absolute atomic E-state index is 0.205. The smallest absolute Gasteiger partial charge is 0.338 e. The number of nitrogens with zero attached hydrogens (tertiary/aromatic N) is 2. The van der Waals surface area contributed by atoms with E-state index in [0.29, 0.717) is 38.7 Å². The zero-order valence-corrected chi connectivity index (χ0v) is 23.4. The van der Waals surface area contributed by atoms with Crippen LogP contribution in [-0.4, -0.2) is 30.4 Å². The third-order valence-corrected chi connectivity index (χ3v) is 7.80. The topological polar surface area (TPSA) is 79.1 Å². The minimum atomic E-state index is -0.585. The largest absolute Gasteiger partial charge is 0.493 e. The van der Waals surface area contributed by atoms with E-state index in [1.807, 2.05) is 41.8 Å². The van der Waals surface area contributed by atoms with E-state index in [9.17, 15) is 9.59 Å². The van der Waals surface area contributed by atoms with Crippen LogP contribution in [0.1, 0.15) is 63.4 Å². The highest BCUT2D eigenvalue weighted by Gasteiger charge is 2.34. The first-order valence-corrected chi connectivity index (χ1v) is 14.1. The zero-order valence-electron chi connectivity index (χ0n) is 21.8. The molecule has 0 saturated heterocycles. The molecule has 0 aliphatic carbocycles. The number of hydrogen-bond donors (Lipinski definition) is 0. The van der Waals surface area contributed by atoms with Gasteiger partial charge in [-0.2, -0.15) is 0 Å². The predicted octanol–water partition coefficient (Wildman–Crippen LogP) is 4.83. The molecule has 1 aromatic carbocycles. The lowest BCUT2D eigenvalue weighted by Crippen LogP contribution is -2.39. The highest BCUT2D eigenvalue weighted by atomic mass is 32.1. The Morgan fingerprint density at radius 2 is 2.03 bits per heavy atom. The van der Waals surface area contributed by atoms with Crippen molar-refractivity contribution in [1.29, 1.82) is 0 Å². The lowest BCUT2D eigenvalue weighted by molar-refractivity contribution is -0.143. The first kappa shape index (κ1) is 26.9. The molecule has 9 heteroatoms. The summed E-state index contributed by atoms with van der Waals surface area (Å²) in [6.45, 7) is 8.18. The molecular formula is C28H32N2O5S2. The van der Waals surface area contributed by atoms with Gasteiger partial charge < -0.3 is 14.2 Å². The molecule has 0 spiro atoms. The van der Waals surface area contributed by atoms with Crippen molar-refractivity contribution in [1.82, 2.24) is 4.57 Å². The number of carbonyl (C=O) groups excluding carboxylic acids is 1. The number of ether oxygens (including phenoxy) is 3. The van der Waals surface area contributed by atoms with Gasteiger partial charge in [0.05, 0.1) is 35.6 Å². The standard InChI is InChI=1S/C28H32N2O5S2/c1-6-7-8-13-34-20-12-11-19(15-21(20)33-5)16-23-26(31)30-25(22-10-9-14-36-22)24(27(32)35-17(2)3)18(4)29-28(30)37-23/h9-12,14-17,25H,6-8,13H2,1-5H3/b23-16-/t25-/m0/s1. The fourth-order valence-corrected chi connectivity index (χ4v) is 6.03. The Hall–Kier alpha value is -3.17. The second kappa shape index (κ2) is 11.9. The van der Waals surface area contributed by atoms with Crippen molar-refractivity contribution in [2.24, 2.45) is 4.99 Å². The van der Waals surface area contributed by atoms with Crippen LogP contribution in [0.4, 0.5) is 0 Å². The van der Waals surface area contributed by atoms with E-state index in [4.69, 9.17) is 14.2 Å². The van der Waals surface area contributed by atoms with Crippen LogP contribution >= 0.6 is 22.7 Å². The highest BCUT2D eigenvalue weighted by Crippen LogP contribution is 2.33. The maximum Gasteiger partial charge on any atom is 0.338 e. The number of methoxy groups -OCH3 is 1. The fourth-order valence-electron chi connectivity index (χ4n) is 4.16. The quantitative estimate of drug-likeness (QED) is 0.272. The predicted molar refractivity (Wildman–Crippen MR) is 147 cm³/mol. The van der Waals surface area contributed by atoms with Crippen molar-refractivity contribution < 1.29 is 19.0 Å². The van der Waals surface area contributed by atoms with Gasteiger partial charge in [0, 0.05) is 4.88 Å². The average Bonchev–Trinajstić information content (AvgIpc) is 3.49. The van der Waals surface area contributed by atoms with Crippen LogP contribution in [0.5, 0.6) is 11.5 Å². The lowest BCUT2D eigenvalue weighted by atomic mass is 10.0. The van der Waals surface area contributed by atoms with Crippen molar-refractivity contribution in [2.45, 2.75) is 59.1 Å². The van der Waals surface area contributed by atoms with Gasteiger partial charge in [0.1, 0.15) is 6.04 Å². The van der Waals surface area contributed by atoms with Crippen molar-refractivity contribution in [3.63, 3.8) is 0 Å². The molecule has 0 fully saturated rings. The number of allylic oxidation sites excluding steroid dienone is 1. The molecule has 37 heavy (non-hydrogen) atoms. The summed E-state index contributed by atoms with van der Waals surface area (Å²) in [5.41, 5.74) is 1.55. The number of carbonyl (C=O) groups is 1. The normalized spacial score (nSPS) is 15.5. The summed E-state index contributed by atoms with van der Waals surface area (Å²) in [7, 11) is 1.60. The molecule has 3 aromatic rings. The van der Waals surface area contributed by atoms with E-state index < -0.39 is 12.0 Å². The Kier molecular flexibility index (Phi) is 8.66. The number of unbranched alkanes of at least 4 members (excludes halogenated alkanes) is 2. The number of hydrogen-bond acceptors (Lipinski definition) is 8. The van der Waals surface area contributed by atoms with E-state index in [1.54, 1.807) is 32.4 Å². The number of thiazole rings is 1. The van der Waals surface area contributed by atoms with Gasteiger partial charge in [-0.3, -0.25) is 9.36 Å². The average molecular weight is 541 g/mol. The summed E-state index contributed by atoms with van der Waals surface area (Å²) >= 11 is 2.79. The van der Waals surface area contributed by atoms with Crippen LogP contribution in [-0.2, 0) is 9.53 Å². The second-order valence-corrected chi connectivity index (χ2v) is 11.0. The molecule has 0 radical (unpaired) electrons. The molecule has 1 atom stereocenters. The molecule has 0 amide bonds. The van der Waals surface area contributed by atoms with Crippen LogP contribution in [0.15, 0.2) is 56.8 Å². The highest BCUT2D eigenvalue weighted by molar-refractivity contribution is 7.10. The van der Waals surface area contributed by atoms with Crippen LogP contribution in [0.2, 0.25) is 0 Å². The Morgan fingerprint density at radius 3 is 2.70 bits per heavy atom. The summed E-state index contributed by atoms with van der Waals surface area (Å²) in [6, 6.07) is 8.89. The van der Waals surface area contributed by atoms with Crippen molar-refractivity contribution in [3.8, 4) is 11.5 Å². The summed E-state index contributed by atoms with van der Waals surface area (Å²) in [5.74, 6) is 0.839. The fraction of sp³-hybridized carbons (Fsp3) is 0.393. The van der Waals surface area contributed by atoms with Crippen LogP contribution in [0.25, 0.3) is 6.08 Å². The number of aromatic nitrogens is 1. The molecule has 7 nitrogen and oxygen atoms in total. The Morgan fingerprint density at radius 1 is 1.22 bits per heavy atom. The van der Waals surface area contributed by atoms with Gasteiger partial charge in [-0.05, 0) is 62.4 Å². The number of fused-ring (bicyclic) bond motifs is 1. The molecule has 0 bridgehead atoms. The van der Waals surface area contributed by atoms with Crippen LogP contribution in [0, 0.1) is 0 Å². The third kappa shape index (κ3) is 5.88. The van der Waals surface area contributed by atoms with Crippen LogP contribution in [0.3, 0.4) is 0 Å². The molecule has 0 N–H and O–H groups in total. The van der Waals surface area contributed by atoms with Gasteiger partial charge in [0.2, 0.25) is 0 Å². The molecular weight excluding hydrogens is 508 g/mol. The number of esters is 1. The molecule has 196 valence electrons. The van der Waals surface area contributed by atoms with E-state index in [0.717, 1.165) is 29.7 Å². The SMILES string of the molecule is CCCCCOc1ccc(/C=c2\sc3n(c2=O)[C@@H](c2cccs2)C(C(=O)OC(C)C)=C(C)N=3)cc1OC. The van der Waals surface area contributed by atoms with E-state index in [-0.39, 0.29) is 11.7 Å². The maximum absolute atomic E-state index is 13.7. The van der Waals surface area contributed by atoms with E-state index in [1.165, 1.54) is 22.7 Å². The first-order valence-electron chi connectivity index (χ1n) is 12.4. The van der Waals surface area contributed by atoms with Crippen LogP contribution < -0.4 is 24.4 Å². The molecule has 0 unspecified atom stereocenters. The van der Waals surface area contributed by atoms with E-state index >= 15 is 0 Å². The number of benzene rings is 1. The summed E-state index contributed by atoms with van der Waals surface area (Å²) in [5, 5.41) is 1.93. The Balaban J connectivity index is 1.75. The number of rotatable bonds is 10. The zero-order chi connectivity index (χ0) is 26.5. The van der Waals surface area contributed by atoms with Crippen molar-refractivity contribution in [3.05, 3.63) is 77.1 Å². The van der Waals surface area contributed by atoms with Gasteiger partial charge in [0.25, 0.3) is 5.56 Å². The minimum Gasteiger partial charge on any atom is -0.493 e. The van der Waals surface area contributed by atoms with Gasteiger partial charge in [0.15, 0.2) is 16.3 Å². The van der Waals surface area contributed by atoms with Gasteiger partial charge in [-0.15, -0.1) is 11.3 Å². The van der Waals surface area contributed by atoms with Crippen molar-refractivity contribution in [2.75, 3.05) is 13.7 Å². The van der Waals surface area contributed by atoms with Gasteiger partial charge >= 0.3 is 5.97 Å². The molecule has 1 aliphatic rings. The summed E-state index contributed by atoms with van der Waals surface area (Å²) < 4.78 is 19.1. The summed E-state index contributed by atoms with van der Waals surface area (Å²) in [6.07, 6.45) is 4.77. The molecule has 4 rings (SSSR count). The maximum atomic E-state index is 13.7. The lowest BCUT2D eigenvalue weighted by Gasteiger charge is -2.24. The third-order valence-electron chi connectivity index (χ3n) is 5.89. The van der Waals surface area contributed by atoms with Gasteiger partial charge in [-0.1, -0.05) is 43.2 Å². The van der Waals surface area contributed by atoms with Crippen molar-refractivity contribution >= 4 is 34.7 Å². The Labute approximate surface area is 224 Å². The second-order valence-electron chi connectivity index (χ2n) is 9.02. The Bertz CT molecular complexity index is 1460. The summed E-state index contributed by atoms with van der Waals surface area (Å²) in [4.78, 5) is 32.8. The van der Waals surface area contributed by atoms with E-state index in [2.05, 4.69) is 11.9 Å². The molecule has 3 heterocycles. The molecule has 0 saturated carbocycles. The van der Waals surface area contributed by atoms with Gasteiger partial charge in [-0.25, -0.2) is 9.79 Å². The number of thiophene rings is 1.